The minimum absolute atomic E-state index is 0.0908. The van der Waals surface area contributed by atoms with Crippen LogP contribution in [0.5, 0.6) is 5.75 Å². The van der Waals surface area contributed by atoms with Gasteiger partial charge in [0.1, 0.15) is 11.9 Å². The van der Waals surface area contributed by atoms with Crippen molar-refractivity contribution < 1.29 is 19.4 Å². The van der Waals surface area contributed by atoms with Crippen LogP contribution in [0.15, 0.2) is 83.9 Å². The molecule has 2 atom stereocenters. The number of hydrogen-bond donors (Lipinski definition) is 2. The lowest BCUT2D eigenvalue weighted by atomic mass is 9.86. The normalized spacial score (nSPS) is 18.6. The van der Waals surface area contributed by atoms with Gasteiger partial charge >= 0.3 is 0 Å². The van der Waals surface area contributed by atoms with Gasteiger partial charge in [-0.1, -0.05) is 42.5 Å². The molecule has 0 spiro atoms. The molecule has 1 amide bonds. The summed E-state index contributed by atoms with van der Waals surface area (Å²) in [4.78, 5) is 20.7. The zero-order chi connectivity index (χ0) is 26.3. The maximum Gasteiger partial charge on any atom is 0.252 e. The summed E-state index contributed by atoms with van der Waals surface area (Å²) >= 11 is 0. The predicted molar refractivity (Wildman–Crippen MR) is 146 cm³/mol. The van der Waals surface area contributed by atoms with E-state index in [1.165, 1.54) is 0 Å². The molecule has 7 heteroatoms. The van der Waals surface area contributed by atoms with Crippen molar-refractivity contribution in [3.05, 3.63) is 95.6 Å². The van der Waals surface area contributed by atoms with Crippen molar-refractivity contribution in [1.29, 1.82) is 0 Å². The van der Waals surface area contributed by atoms with E-state index < -0.39 is 11.6 Å². The van der Waals surface area contributed by atoms with Crippen LogP contribution in [0.25, 0.3) is 0 Å². The molecule has 0 bridgehead atoms. The molecule has 7 nitrogen and oxygen atoms in total. The predicted octanol–water partition coefficient (Wildman–Crippen LogP) is 3.98. The van der Waals surface area contributed by atoms with Crippen LogP contribution in [0.3, 0.4) is 0 Å². The molecule has 0 saturated heterocycles. The number of anilines is 1. The van der Waals surface area contributed by atoms with Gasteiger partial charge in [-0.25, -0.2) is 4.99 Å². The Kier molecular flexibility index (Phi) is 8.46. The van der Waals surface area contributed by atoms with Crippen molar-refractivity contribution >= 4 is 17.5 Å². The number of amides is 1. The van der Waals surface area contributed by atoms with Crippen molar-refractivity contribution in [3.8, 4) is 5.75 Å². The zero-order valence-electron chi connectivity index (χ0n) is 21.7. The maximum atomic E-state index is 13.8. The second kappa shape index (κ2) is 11.9. The van der Waals surface area contributed by atoms with Crippen LogP contribution in [0.4, 0.5) is 5.69 Å². The molecule has 1 aliphatic heterocycles. The van der Waals surface area contributed by atoms with Crippen LogP contribution in [0.2, 0.25) is 0 Å². The third kappa shape index (κ3) is 6.30. The van der Waals surface area contributed by atoms with Gasteiger partial charge in [0.15, 0.2) is 5.54 Å². The Morgan fingerprint density at radius 3 is 2.38 bits per heavy atom. The molecule has 4 rings (SSSR count). The molecular weight excluding hydrogens is 466 g/mol. The Morgan fingerprint density at radius 2 is 1.73 bits per heavy atom. The SMILES string of the molecule is C[C@H]1OC(c2ccc(OCCCO)cc2)=N[C@@]1(Cc1ccccc1)C(=O)NCc1ccc(N(C)C)cc1. The lowest BCUT2D eigenvalue weighted by Gasteiger charge is -2.28. The van der Waals surface area contributed by atoms with Crippen LogP contribution < -0.4 is 15.0 Å². The van der Waals surface area contributed by atoms with Crippen molar-refractivity contribution in [1.82, 2.24) is 5.32 Å². The van der Waals surface area contributed by atoms with Gasteiger partial charge in [0.25, 0.3) is 5.91 Å². The fraction of sp³-hybridized carbons (Fsp3) is 0.333. The number of aliphatic hydroxyl groups is 1. The summed E-state index contributed by atoms with van der Waals surface area (Å²) in [6.07, 6.45) is 0.539. The average molecular weight is 502 g/mol. The maximum absolute atomic E-state index is 13.8. The van der Waals surface area contributed by atoms with Crippen LogP contribution >= 0.6 is 0 Å². The molecule has 0 fully saturated rings. The highest BCUT2D eigenvalue weighted by Crippen LogP contribution is 2.33. The number of benzene rings is 3. The molecule has 2 N–H and O–H groups in total. The van der Waals surface area contributed by atoms with E-state index in [9.17, 15) is 4.79 Å². The fourth-order valence-electron chi connectivity index (χ4n) is 4.30. The third-order valence-electron chi connectivity index (χ3n) is 6.55. The zero-order valence-corrected chi connectivity index (χ0v) is 21.7. The molecule has 3 aromatic rings. The third-order valence-corrected chi connectivity index (χ3v) is 6.55. The average Bonchev–Trinajstić information content (AvgIpc) is 3.25. The van der Waals surface area contributed by atoms with Gasteiger partial charge in [-0.15, -0.1) is 0 Å². The number of aliphatic imine (C=N–C) groups is 1. The summed E-state index contributed by atoms with van der Waals surface area (Å²) < 4.78 is 11.8. The molecule has 0 saturated carbocycles. The van der Waals surface area contributed by atoms with E-state index in [4.69, 9.17) is 19.6 Å². The van der Waals surface area contributed by atoms with E-state index in [1.807, 2.05) is 105 Å². The lowest BCUT2D eigenvalue weighted by Crippen LogP contribution is -2.52. The second-order valence-electron chi connectivity index (χ2n) is 9.46. The summed E-state index contributed by atoms with van der Waals surface area (Å²) in [5, 5.41) is 12.1. The minimum atomic E-state index is -1.10. The van der Waals surface area contributed by atoms with Gasteiger partial charge in [0.05, 0.1) is 6.61 Å². The monoisotopic (exact) mass is 501 g/mol. The molecule has 0 unspecified atom stereocenters. The summed E-state index contributed by atoms with van der Waals surface area (Å²) in [6, 6.07) is 25.5. The van der Waals surface area contributed by atoms with Crippen molar-refractivity contribution in [2.24, 2.45) is 4.99 Å². The topological polar surface area (TPSA) is 83.4 Å². The van der Waals surface area contributed by atoms with Crippen molar-refractivity contribution in [3.63, 3.8) is 0 Å². The fourth-order valence-corrected chi connectivity index (χ4v) is 4.30. The van der Waals surface area contributed by atoms with Gasteiger partial charge in [0.2, 0.25) is 5.90 Å². The molecule has 37 heavy (non-hydrogen) atoms. The summed E-state index contributed by atoms with van der Waals surface area (Å²) in [5.74, 6) is 0.979. The molecule has 0 aliphatic carbocycles. The van der Waals surface area contributed by atoms with Crippen molar-refractivity contribution in [2.75, 3.05) is 32.2 Å². The minimum Gasteiger partial charge on any atom is -0.494 e. The van der Waals surface area contributed by atoms with Gasteiger partial charge < -0.3 is 24.8 Å². The Balaban J connectivity index is 1.56. The second-order valence-corrected chi connectivity index (χ2v) is 9.46. The quantitative estimate of drug-likeness (QED) is 0.389. The van der Waals surface area contributed by atoms with E-state index in [0.717, 1.165) is 22.4 Å². The summed E-state index contributed by atoms with van der Waals surface area (Å²) in [7, 11) is 4.00. The van der Waals surface area contributed by atoms with Gasteiger partial charge in [-0.3, -0.25) is 4.79 Å². The Bertz CT molecular complexity index is 1190. The highest BCUT2D eigenvalue weighted by Gasteiger charge is 2.50. The first kappa shape index (κ1) is 26.2. The summed E-state index contributed by atoms with van der Waals surface area (Å²) in [6.45, 7) is 2.84. The van der Waals surface area contributed by atoms with E-state index in [-0.39, 0.29) is 12.5 Å². The standard InChI is InChI=1S/C30H35N3O4/c1-22-30(20-23-8-5-4-6-9-23,29(35)31-21-24-10-14-26(15-11-24)33(2)3)32-28(37-22)25-12-16-27(17-13-25)36-19-7-18-34/h4-6,8-17,22,34H,7,18-21H2,1-3H3,(H,31,35)/t22-,30-/m1/s1. The number of hydrogen-bond acceptors (Lipinski definition) is 6. The Labute approximate surface area is 218 Å². The highest BCUT2D eigenvalue weighted by atomic mass is 16.5. The summed E-state index contributed by atoms with van der Waals surface area (Å²) in [5.41, 5.74) is 2.81. The Hall–Kier alpha value is -3.84. The van der Waals surface area contributed by atoms with Crippen LogP contribution in [0.1, 0.15) is 30.0 Å². The number of carbonyl (C=O) groups is 1. The molecule has 3 aromatic carbocycles. The largest absolute Gasteiger partial charge is 0.494 e. The number of nitrogens with one attached hydrogen (secondary N) is 1. The molecule has 0 radical (unpaired) electrons. The smallest absolute Gasteiger partial charge is 0.252 e. The number of aliphatic hydroxyl groups excluding tert-OH is 1. The lowest BCUT2D eigenvalue weighted by molar-refractivity contribution is -0.128. The Morgan fingerprint density at radius 1 is 1.03 bits per heavy atom. The highest BCUT2D eigenvalue weighted by molar-refractivity contribution is 6.00. The first-order chi connectivity index (χ1) is 17.9. The molecule has 0 aromatic heterocycles. The molecular formula is C30H35N3O4. The molecule has 1 aliphatic rings. The number of nitrogens with zero attached hydrogens (tertiary/aromatic N) is 2. The van der Waals surface area contributed by atoms with E-state index in [2.05, 4.69) is 5.32 Å². The van der Waals surface area contributed by atoms with E-state index in [1.54, 1.807) is 0 Å². The first-order valence-electron chi connectivity index (χ1n) is 12.6. The van der Waals surface area contributed by atoms with Gasteiger partial charge in [0, 0.05) is 51.3 Å². The van der Waals surface area contributed by atoms with Crippen LogP contribution in [-0.2, 0) is 22.5 Å². The van der Waals surface area contributed by atoms with E-state index >= 15 is 0 Å². The van der Waals surface area contributed by atoms with Gasteiger partial charge in [-0.2, -0.15) is 0 Å². The molecule has 1 heterocycles. The van der Waals surface area contributed by atoms with Gasteiger partial charge in [-0.05, 0) is 54.4 Å². The first-order valence-corrected chi connectivity index (χ1v) is 12.6. The number of ether oxygens (including phenoxy) is 2. The van der Waals surface area contributed by atoms with Crippen molar-refractivity contribution in [2.45, 2.75) is 38.0 Å². The van der Waals surface area contributed by atoms with Crippen LogP contribution in [-0.4, -0.2) is 55.9 Å². The van der Waals surface area contributed by atoms with E-state index in [0.29, 0.717) is 37.6 Å². The number of carbonyl (C=O) groups excluding carboxylic acids is 1. The number of rotatable bonds is 11. The van der Waals surface area contributed by atoms with Crippen LogP contribution in [0, 0.1) is 0 Å². The molecule has 194 valence electrons.